The van der Waals surface area contributed by atoms with Crippen molar-refractivity contribution in [2.24, 2.45) is 17.3 Å². The van der Waals surface area contributed by atoms with Crippen molar-refractivity contribution in [2.45, 2.75) is 83.4 Å². The van der Waals surface area contributed by atoms with E-state index in [-0.39, 0.29) is 0 Å². The first kappa shape index (κ1) is 16.7. The second-order valence-corrected chi connectivity index (χ2v) is 9.04. The van der Waals surface area contributed by atoms with Gasteiger partial charge >= 0.3 is 0 Å². The maximum Gasteiger partial charge on any atom is 0.0204 e. The highest BCUT2D eigenvalue weighted by molar-refractivity contribution is 7.99. The molecule has 0 aromatic heterocycles. The van der Waals surface area contributed by atoms with Crippen LogP contribution in [0.4, 0.5) is 0 Å². The van der Waals surface area contributed by atoms with Gasteiger partial charge in [0.15, 0.2) is 0 Å². The van der Waals surface area contributed by atoms with Gasteiger partial charge in [-0.25, -0.2) is 0 Å². The number of hydrogen-bond acceptors (Lipinski definition) is 2. The van der Waals surface area contributed by atoms with Crippen molar-refractivity contribution < 1.29 is 0 Å². The highest BCUT2D eigenvalue weighted by Gasteiger charge is 2.37. The van der Waals surface area contributed by atoms with Crippen LogP contribution in [-0.2, 0) is 0 Å². The Morgan fingerprint density at radius 2 is 1.80 bits per heavy atom. The van der Waals surface area contributed by atoms with Crippen molar-refractivity contribution in [3.05, 3.63) is 0 Å². The lowest BCUT2D eigenvalue weighted by molar-refractivity contribution is 0.142. The lowest BCUT2D eigenvalue weighted by atomic mass is 9.68. The largest absolute Gasteiger partial charge is 0.316 e. The maximum atomic E-state index is 3.60. The van der Waals surface area contributed by atoms with Gasteiger partial charge in [0.2, 0.25) is 0 Å². The Balaban J connectivity index is 1.88. The molecule has 2 saturated carbocycles. The van der Waals surface area contributed by atoms with Crippen LogP contribution in [0.15, 0.2) is 0 Å². The van der Waals surface area contributed by atoms with Gasteiger partial charge in [0.05, 0.1) is 0 Å². The van der Waals surface area contributed by atoms with Crippen LogP contribution in [0.25, 0.3) is 0 Å². The van der Waals surface area contributed by atoms with E-state index in [2.05, 4.69) is 44.9 Å². The lowest BCUT2D eigenvalue weighted by Gasteiger charge is -2.43. The van der Waals surface area contributed by atoms with Crippen LogP contribution in [0.2, 0.25) is 0 Å². The van der Waals surface area contributed by atoms with Crippen LogP contribution >= 0.6 is 11.8 Å². The number of thioether (sulfide) groups is 1. The first-order valence-electron chi connectivity index (χ1n) is 8.85. The molecule has 0 bridgehead atoms. The molecule has 0 aliphatic heterocycles. The minimum Gasteiger partial charge on any atom is -0.316 e. The monoisotopic (exact) mass is 297 g/mol. The molecule has 0 spiro atoms. The summed E-state index contributed by atoms with van der Waals surface area (Å²) in [4.78, 5) is 0. The summed E-state index contributed by atoms with van der Waals surface area (Å²) < 4.78 is 0. The molecule has 2 fully saturated rings. The van der Waals surface area contributed by atoms with Gasteiger partial charge in [0.1, 0.15) is 0 Å². The Kier molecular flexibility index (Phi) is 6.28. The predicted octanol–water partition coefficient (Wildman–Crippen LogP) is 5.10. The third-order valence-corrected chi connectivity index (χ3v) is 7.81. The smallest absolute Gasteiger partial charge is 0.0204 e. The molecule has 1 N–H and O–H groups in total. The Morgan fingerprint density at radius 1 is 1.10 bits per heavy atom. The van der Waals surface area contributed by atoms with E-state index in [1.165, 1.54) is 57.1 Å². The molecule has 2 aliphatic rings. The lowest BCUT2D eigenvalue weighted by Crippen LogP contribution is -2.44. The zero-order valence-electron chi connectivity index (χ0n) is 14.1. The molecule has 3 atom stereocenters. The molecule has 0 saturated heterocycles. The van der Waals surface area contributed by atoms with Gasteiger partial charge in [-0.3, -0.25) is 0 Å². The van der Waals surface area contributed by atoms with Crippen molar-refractivity contribution in [1.29, 1.82) is 0 Å². The van der Waals surface area contributed by atoms with Crippen molar-refractivity contribution in [3.8, 4) is 0 Å². The minimum absolute atomic E-state index is 0.533. The second kappa shape index (κ2) is 7.54. The maximum absolute atomic E-state index is 3.60. The van der Waals surface area contributed by atoms with Crippen LogP contribution in [-0.4, -0.2) is 24.1 Å². The standard InChI is InChI=1S/C18H35NS/c1-5-18(2,3)15-10-11-16(19-4)17(12-15)20-13-14-8-6-7-9-14/h14-17,19H,5-13H2,1-4H3. The third kappa shape index (κ3) is 4.16. The SMILES string of the molecule is CCC(C)(C)C1CCC(NC)C(SCC2CCCC2)C1. The fourth-order valence-corrected chi connectivity index (χ4v) is 5.80. The Hall–Kier alpha value is 0.310. The summed E-state index contributed by atoms with van der Waals surface area (Å²) in [6.07, 6.45) is 11.5. The summed E-state index contributed by atoms with van der Waals surface area (Å²) in [6.45, 7) is 7.33. The molecule has 1 nitrogen and oxygen atoms in total. The van der Waals surface area contributed by atoms with E-state index in [1.807, 2.05) is 0 Å². The topological polar surface area (TPSA) is 12.0 Å². The number of rotatable bonds is 6. The molecule has 118 valence electrons. The summed E-state index contributed by atoms with van der Waals surface area (Å²) in [6, 6.07) is 0.755. The number of nitrogens with one attached hydrogen (secondary N) is 1. The molecule has 0 amide bonds. The average molecular weight is 298 g/mol. The Labute approximate surface area is 131 Å². The first-order chi connectivity index (χ1) is 9.56. The predicted molar refractivity (Wildman–Crippen MR) is 92.5 cm³/mol. The minimum atomic E-state index is 0.533. The molecular formula is C18H35NS. The van der Waals surface area contributed by atoms with E-state index in [0.717, 1.165) is 23.1 Å². The summed E-state index contributed by atoms with van der Waals surface area (Å²) in [7, 11) is 2.17. The molecular weight excluding hydrogens is 262 g/mol. The molecule has 3 unspecified atom stereocenters. The fraction of sp³-hybridized carbons (Fsp3) is 1.00. The van der Waals surface area contributed by atoms with Crippen LogP contribution in [0.1, 0.15) is 72.1 Å². The molecule has 0 heterocycles. The molecule has 0 aromatic rings. The van der Waals surface area contributed by atoms with Crippen LogP contribution in [0.3, 0.4) is 0 Å². The molecule has 0 aromatic carbocycles. The van der Waals surface area contributed by atoms with E-state index < -0.39 is 0 Å². The zero-order chi connectivity index (χ0) is 14.6. The van der Waals surface area contributed by atoms with E-state index in [0.29, 0.717) is 5.41 Å². The van der Waals surface area contributed by atoms with E-state index >= 15 is 0 Å². The van der Waals surface area contributed by atoms with Gasteiger partial charge in [0, 0.05) is 11.3 Å². The highest BCUT2D eigenvalue weighted by atomic mass is 32.2. The Bertz CT molecular complexity index is 283. The molecule has 2 rings (SSSR count). The normalized spacial score (nSPS) is 32.7. The van der Waals surface area contributed by atoms with E-state index in [9.17, 15) is 0 Å². The molecule has 20 heavy (non-hydrogen) atoms. The van der Waals surface area contributed by atoms with Crippen LogP contribution in [0.5, 0.6) is 0 Å². The van der Waals surface area contributed by atoms with E-state index in [1.54, 1.807) is 0 Å². The van der Waals surface area contributed by atoms with Gasteiger partial charge in [-0.2, -0.15) is 11.8 Å². The van der Waals surface area contributed by atoms with Crippen molar-refractivity contribution in [1.82, 2.24) is 5.32 Å². The third-order valence-electron chi connectivity index (χ3n) is 6.20. The van der Waals surface area contributed by atoms with E-state index in [4.69, 9.17) is 0 Å². The summed E-state index contributed by atoms with van der Waals surface area (Å²) in [5, 5.41) is 4.45. The van der Waals surface area contributed by atoms with Gasteiger partial charge in [-0.1, -0.05) is 40.0 Å². The van der Waals surface area contributed by atoms with Gasteiger partial charge in [0.25, 0.3) is 0 Å². The van der Waals surface area contributed by atoms with Crippen molar-refractivity contribution in [2.75, 3.05) is 12.8 Å². The summed E-state index contributed by atoms with van der Waals surface area (Å²) >= 11 is 2.30. The zero-order valence-corrected chi connectivity index (χ0v) is 14.9. The first-order valence-corrected chi connectivity index (χ1v) is 9.90. The molecule has 0 radical (unpaired) electrons. The number of hydrogen-bond donors (Lipinski definition) is 1. The summed E-state index contributed by atoms with van der Waals surface area (Å²) in [5.74, 6) is 3.37. The quantitative estimate of drug-likeness (QED) is 0.732. The van der Waals surface area contributed by atoms with Crippen molar-refractivity contribution >= 4 is 11.8 Å². The van der Waals surface area contributed by atoms with Gasteiger partial charge in [-0.15, -0.1) is 0 Å². The fourth-order valence-electron chi connectivity index (χ4n) is 4.08. The van der Waals surface area contributed by atoms with Crippen LogP contribution in [0, 0.1) is 17.3 Å². The van der Waals surface area contributed by atoms with Gasteiger partial charge < -0.3 is 5.32 Å². The Morgan fingerprint density at radius 3 is 2.40 bits per heavy atom. The highest BCUT2D eigenvalue weighted by Crippen LogP contribution is 2.44. The molecule has 2 aliphatic carbocycles. The van der Waals surface area contributed by atoms with Crippen molar-refractivity contribution in [3.63, 3.8) is 0 Å². The molecule has 2 heteroatoms. The van der Waals surface area contributed by atoms with Crippen LogP contribution < -0.4 is 5.32 Å². The summed E-state index contributed by atoms with van der Waals surface area (Å²) in [5.41, 5.74) is 0.533. The average Bonchev–Trinajstić information content (AvgIpc) is 2.98. The van der Waals surface area contributed by atoms with Gasteiger partial charge in [-0.05, 0) is 62.2 Å². The second-order valence-electron chi connectivity index (χ2n) is 7.77.